The van der Waals surface area contributed by atoms with Crippen molar-refractivity contribution in [3.05, 3.63) is 28.5 Å². The molecule has 1 rings (SSSR count). The lowest BCUT2D eigenvalue weighted by molar-refractivity contribution is 0.592. The molecule has 100 valence electrons. The molecular weight excluding hydrogens is 343 g/mol. The van der Waals surface area contributed by atoms with Crippen molar-refractivity contribution in [2.24, 2.45) is 5.73 Å². The van der Waals surface area contributed by atoms with Crippen LogP contribution < -0.4 is 10.5 Å². The summed E-state index contributed by atoms with van der Waals surface area (Å²) in [5, 5.41) is -1.03. The Labute approximate surface area is 119 Å². The minimum Gasteiger partial charge on any atom is -0.392 e. The fraction of sp³-hybridized carbons (Fsp3) is 0.300. The normalized spacial score (nSPS) is 13.1. The van der Waals surface area contributed by atoms with Gasteiger partial charge in [-0.1, -0.05) is 25.2 Å². The molecule has 0 aliphatic heterocycles. The van der Waals surface area contributed by atoms with Crippen LogP contribution in [0.3, 0.4) is 0 Å². The van der Waals surface area contributed by atoms with Crippen LogP contribution in [0.15, 0.2) is 22.7 Å². The van der Waals surface area contributed by atoms with Gasteiger partial charge in [-0.15, -0.1) is 0 Å². The maximum absolute atomic E-state index is 13.5. The Balaban J connectivity index is 3.14. The molecule has 8 heteroatoms. The van der Waals surface area contributed by atoms with Crippen molar-refractivity contribution in [1.82, 2.24) is 0 Å². The monoisotopic (exact) mass is 354 g/mol. The third-order valence-corrected chi connectivity index (χ3v) is 5.19. The largest absolute Gasteiger partial charge is 0.392 e. The average Bonchev–Trinajstić information content (AvgIpc) is 2.23. The molecule has 0 saturated carbocycles. The van der Waals surface area contributed by atoms with Gasteiger partial charge in [-0.2, -0.15) is 0 Å². The Morgan fingerprint density at radius 2 is 2.22 bits per heavy atom. The zero-order valence-corrected chi connectivity index (χ0v) is 12.7. The molecule has 1 aromatic carbocycles. The first-order chi connectivity index (χ1) is 8.29. The number of hydrogen-bond donors (Lipinski definition) is 2. The van der Waals surface area contributed by atoms with Crippen LogP contribution in [0.4, 0.5) is 10.1 Å². The number of hydrogen-bond acceptors (Lipinski definition) is 3. The SMILES string of the molecule is CCC(C(N)=S)S(=O)(=O)Nc1c(F)cccc1Br. The number of benzene rings is 1. The first kappa shape index (κ1) is 15.3. The van der Waals surface area contributed by atoms with E-state index in [1.54, 1.807) is 6.92 Å². The Hall–Kier alpha value is -0.730. The lowest BCUT2D eigenvalue weighted by atomic mass is 10.3. The molecule has 0 radical (unpaired) electrons. The summed E-state index contributed by atoms with van der Waals surface area (Å²) in [6.07, 6.45) is 0.219. The number of nitrogens with two attached hydrogens (primary N) is 1. The Kier molecular flexibility index (Phi) is 5.06. The summed E-state index contributed by atoms with van der Waals surface area (Å²) in [7, 11) is -3.86. The van der Waals surface area contributed by atoms with E-state index in [1.807, 2.05) is 0 Å². The lowest BCUT2D eigenvalue weighted by Crippen LogP contribution is -2.37. The van der Waals surface area contributed by atoms with Crippen molar-refractivity contribution in [2.75, 3.05) is 4.72 Å². The van der Waals surface area contributed by atoms with E-state index in [-0.39, 0.29) is 17.1 Å². The number of rotatable bonds is 5. The average molecular weight is 355 g/mol. The minimum absolute atomic E-state index is 0.141. The minimum atomic E-state index is -3.86. The van der Waals surface area contributed by atoms with E-state index in [1.165, 1.54) is 12.1 Å². The molecule has 0 spiro atoms. The van der Waals surface area contributed by atoms with Crippen LogP contribution in [0.25, 0.3) is 0 Å². The molecule has 0 fully saturated rings. The van der Waals surface area contributed by atoms with Crippen LogP contribution in [0.5, 0.6) is 0 Å². The summed E-state index contributed by atoms with van der Waals surface area (Å²) in [5.74, 6) is -0.675. The molecule has 0 aliphatic carbocycles. The first-order valence-electron chi connectivity index (χ1n) is 5.04. The second kappa shape index (κ2) is 5.94. The summed E-state index contributed by atoms with van der Waals surface area (Å²) in [6.45, 7) is 1.64. The molecule has 1 atom stereocenters. The van der Waals surface area contributed by atoms with Crippen molar-refractivity contribution in [1.29, 1.82) is 0 Å². The van der Waals surface area contributed by atoms with Gasteiger partial charge in [0.15, 0.2) is 0 Å². The summed E-state index contributed by atoms with van der Waals surface area (Å²) in [4.78, 5) is -0.141. The maximum Gasteiger partial charge on any atom is 0.242 e. The highest BCUT2D eigenvalue weighted by atomic mass is 79.9. The first-order valence-corrected chi connectivity index (χ1v) is 7.79. The van der Waals surface area contributed by atoms with Crippen LogP contribution in [0.2, 0.25) is 0 Å². The van der Waals surface area contributed by atoms with E-state index in [0.29, 0.717) is 4.47 Å². The van der Waals surface area contributed by atoms with Crippen LogP contribution in [0, 0.1) is 5.82 Å². The topological polar surface area (TPSA) is 72.2 Å². The van der Waals surface area contributed by atoms with Gasteiger partial charge in [0.05, 0.1) is 10.7 Å². The molecule has 1 aromatic rings. The van der Waals surface area contributed by atoms with Crippen LogP contribution in [-0.2, 0) is 10.0 Å². The molecule has 0 saturated heterocycles. The van der Waals surface area contributed by atoms with E-state index in [0.717, 1.165) is 6.07 Å². The van der Waals surface area contributed by atoms with Gasteiger partial charge in [0.2, 0.25) is 10.0 Å². The number of para-hydroxylation sites is 1. The Morgan fingerprint density at radius 3 is 2.67 bits per heavy atom. The summed E-state index contributed by atoms with van der Waals surface area (Å²) in [5.41, 5.74) is 5.22. The summed E-state index contributed by atoms with van der Waals surface area (Å²) >= 11 is 7.78. The third kappa shape index (κ3) is 3.39. The summed E-state index contributed by atoms with van der Waals surface area (Å²) in [6, 6.07) is 4.15. The molecular formula is C10H12BrFN2O2S2. The van der Waals surface area contributed by atoms with Gasteiger partial charge < -0.3 is 5.73 Å². The number of halogens is 2. The van der Waals surface area contributed by atoms with Gasteiger partial charge in [-0.3, -0.25) is 4.72 Å². The van der Waals surface area contributed by atoms with Gasteiger partial charge in [0.1, 0.15) is 11.1 Å². The van der Waals surface area contributed by atoms with E-state index in [2.05, 4.69) is 20.7 Å². The number of nitrogens with one attached hydrogen (secondary N) is 1. The summed E-state index contributed by atoms with van der Waals surface area (Å²) < 4.78 is 40.0. The van der Waals surface area contributed by atoms with Crippen molar-refractivity contribution in [3.8, 4) is 0 Å². The fourth-order valence-corrected chi connectivity index (χ4v) is 3.88. The standard InChI is InChI=1S/C10H12BrFN2O2S2/c1-2-8(10(13)17)18(15,16)14-9-6(11)4-3-5-7(9)12/h3-5,8,14H,2H2,1H3,(H2,13,17). The quantitative estimate of drug-likeness (QED) is 0.796. The van der Waals surface area contributed by atoms with E-state index in [9.17, 15) is 12.8 Å². The maximum atomic E-state index is 13.5. The highest BCUT2D eigenvalue weighted by Crippen LogP contribution is 2.27. The Bertz CT molecular complexity index is 543. The third-order valence-electron chi connectivity index (χ3n) is 2.27. The highest BCUT2D eigenvalue weighted by Gasteiger charge is 2.27. The number of anilines is 1. The van der Waals surface area contributed by atoms with Crippen molar-refractivity contribution in [2.45, 2.75) is 18.6 Å². The second-order valence-electron chi connectivity index (χ2n) is 3.54. The molecule has 4 nitrogen and oxygen atoms in total. The van der Waals surface area contributed by atoms with E-state index in [4.69, 9.17) is 18.0 Å². The van der Waals surface area contributed by atoms with Crippen LogP contribution in [0.1, 0.15) is 13.3 Å². The fourth-order valence-electron chi connectivity index (χ4n) is 1.38. The van der Waals surface area contributed by atoms with Crippen molar-refractivity contribution >= 4 is 48.8 Å². The van der Waals surface area contributed by atoms with Crippen molar-refractivity contribution in [3.63, 3.8) is 0 Å². The molecule has 0 aromatic heterocycles. The van der Waals surface area contributed by atoms with Crippen molar-refractivity contribution < 1.29 is 12.8 Å². The molecule has 0 bridgehead atoms. The highest BCUT2D eigenvalue weighted by molar-refractivity contribution is 9.10. The van der Waals surface area contributed by atoms with Gasteiger partial charge in [-0.05, 0) is 34.5 Å². The lowest BCUT2D eigenvalue weighted by Gasteiger charge is -2.17. The molecule has 3 N–H and O–H groups in total. The zero-order valence-electron chi connectivity index (χ0n) is 9.48. The van der Waals surface area contributed by atoms with Gasteiger partial charge >= 0.3 is 0 Å². The predicted molar refractivity (Wildman–Crippen MR) is 77.5 cm³/mol. The van der Waals surface area contributed by atoms with Crippen LogP contribution >= 0.6 is 28.1 Å². The second-order valence-corrected chi connectivity index (χ2v) is 6.73. The smallest absolute Gasteiger partial charge is 0.242 e. The van der Waals surface area contributed by atoms with Gasteiger partial charge in [0.25, 0.3) is 0 Å². The molecule has 0 heterocycles. The predicted octanol–water partition coefficient (Wildman–Crippen LogP) is 2.39. The van der Waals surface area contributed by atoms with Gasteiger partial charge in [-0.25, -0.2) is 12.8 Å². The number of thiocarbonyl (C=S) groups is 1. The van der Waals surface area contributed by atoms with Gasteiger partial charge in [0, 0.05) is 4.47 Å². The molecule has 18 heavy (non-hydrogen) atoms. The van der Waals surface area contributed by atoms with Crippen LogP contribution in [-0.4, -0.2) is 18.7 Å². The number of sulfonamides is 1. The Morgan fingerprint density at radius 1 is 1.61 bits per heavy atom. The molecule has 1 unspecified atom stereocenters. The molecule has 0 aliphatic rings. The van der Waals surface area contributed by atoms with E-state index < -0.39 is 21.1 Å². The molecule has 0 amide bonds. The zero-order chi connectivity index (χ0) is 13.9. The van der Waals surface area contributed by atoms with E-state index >= 15 is 0 Å².